The normalized spacial score (nSPS) is 12.9. The second-order valence-corrected chi connectivity index (χ2v) is 3.34. The summed E-state index contributed by atoms with van der Waals surface area (Å²) in [7, 11) is 0. The van der Waals surface area contributed by atoms with Crippen LogP contribution in [0.15, 0.2) is 18.2 Å². The molecule has 0 radical (unpaired) electrons. The lowest BCUT2D eigenvalue weighted by Crippen LogP contribution is -2.22. The monoisotopic (exact) mass is 178 g/mol. The molecule has 0 aromatic heterocycles. The molecule has 0 aliphatic heterocycles. The fourth-order valence-corrected chi connectivity index (χ4v) is 1.68. The SMILES string of the molecule is CCc1c(C)cccc1[C@H](N)CN. The third-order valence-corrected chi connectivity index (χ3v) is 2.45. The molecule has 0 saturated heterocycles. The Morgan fingerprint density at radius 3 is 2.62 bits per heavy atom. The second-order valence-electron chi connectivity index (χ2n) is 3.34. The lowest BCUT2D eigenvalue weighted by molar-refractivity contribution is 0.725. The first-order valence-electron chi connectivity index (χ1n) is 4.74. The number of hydrogen-bond acceptors (Lipinski definition) is 2. The summed E-state index contributed by atoms with van der Waals surface area (Å²) in [6, 6.07) is 6.21. The molecule has 0 fully saturated rings. The van der Waals surface area contributed by atoms with Gasteiger partial charge in [0, 0.05) is 12.6 Å². The Morgan fingerprint density at radius 1 is 1.38 bits per heavy atom. The van der Waals surface area contributed by atoms with Crippen molar-refractivity contribution in [3.63, 3.8) is 0 Å². The molecule has 0 saturated carbocycles. The Bertz CT molecular complexity index is 281. The minimum atomic E-state index is -0.0187. The van der Waals surface area contributed by atoms with Gasteiger partial charge in [-0.3, -0.25) is 0 Å². The van der Waals surface area contributed by atoms with E-state index in [2.05, 4.69) is 26.0 Å². The second kappa shape index (κ2) is 4.40. The van der Waals surface area contributed by atoms with Gasteiger partial charge >= 0.3 is 0 Å². The first kappa shape index (κ1) is 10.2. The third kappa shape index (κ3) is 2.08. The van der Waals surface area contributed by atoms with Crippen molar-refractivity contribution < 1.29 is 0 Å². The molecule has 1 aromatic rings. The topological polar surface area (TPSA) is 52.0 Å². The molecule has 0 amide bonds. The molecule has 0 spiro atoms. The van der Waals surface area contributed by atoms with Crippen LogP contribution >= 0.6 is 0 Å². The van der Waals surface area contributed by atoms with E-state index in [0.717, 1.165) is 6.42 Å². The van der Waals surface area contributed by atoms with Gasteiger partial charge in [-0.15, -0.1) is 0 Å². The Hall–Kier alpha value is -0.860. The van der Waals surface area contributed by atoms with Gasteiger partial charge in [-0.1, -0.05) is 25.1 Å². The highest BCUT2D eigenvalue weighted by atomic mass is 14.7. The average molecular weight is 178 g/mol. The highest BCUT2D eigenvalue weighted by Crippen LogP contribution is 2.19. The average Bonchev–Trinajstić information content (AvgIpc) is 2.16. The molecule has 13 heavy (non-hydrogen) atoms. The largest absolute Gasteiger partial charge is 0.329 e. The zero-order valence-corrected chi connectivity index (χ0v) is 8.38. The summed E-state index contributed by atoms with van der Waals surface area (Å²) in [5.41, 5.74) is 15.3. The van der Waals surface area contributed by atoms with Gasteiger partial charge in [-0.05, 0) is 30.0 Å². The maximum Gasteiger partial charge on any atom is 0.0422 e. The summed E-state index contributed by atoms with van der Waals surface area (Å²) in [5.74, 6) is 0. The third-order valence-electron chi connectivity index (χ3n) is 2.45. The van der Waals surface area contributed by atoms with Crippen LogP contribution in [0.4, 0.5) is 0 Å². The molecule has 0 heterocycles. The van der Waals surface area contributed by atoms with Gasteiger partial charge in [-0.2, -0.15) is 0 Å². The van der Waals surface area contributed by atoms with E-state index in [1.54, 1.807) is 0 Å². The van der Waals surface area contributed by atoms with Crippen molar-refractivity contribution >= 4 is 0 Å². The highest BCUT2D eigenvalue weighted by molar-refractivity contribution is 5.36. The van der Waals surface area contributed by atoms with Crippen LogP contribution in [-0.4, -0.2) is 6.54 Å². The van der Waals surface area contributed by atoms with Crippen LogP contribution in [0.3, 0.4) is 0 Å². The van der Waals surface area contributed by atoms with Crippen molar-refractivity contribution in [3.8, 4) is 0 Å². The van der Waals surface area contributed by atoms with Gasteiger partial charge in [0.2, 0.25) is 0 Å². The number of benzene rings is 1. The van der Waals surface area contributed by atoms with Crippen LogP contribution in [0.25, 0.3) is 0 Å². The Morgan fingerprint density at radius 2 is 2.08 bits per heavy atom. The molecule has 0 aliphatic rings. The number of hydrogen-bond donors (Lipinski definition) is 2. The van der Waals surface area contributed by atoms with Gasteiger partial charge in [0.1, 0.15) is 0 Å². The fraction of sp³-hybridized carbons (Fsp3) is 0.455. The standard InChI is InChI=1S/C11H18N2/c1-3-9-8(2)5-4-6-10(9)11(13)7-12/h4-6,11H,3,7,12-13H2,1-2H3/t11-/m1/s1. The molecular weight excluding hydrogens is 160 g/mol. The van der Waals surface area contributed by atoms with E-state index in [1.807, 2.05) is 6.07 Å². The Labute approximate surface area is 79.9 Å². The maximum atomic E-state index is 5.91. The van der Waals surface area contributed by atoms with Crippen LogP contribution in [-0.2, 0) is 6.42 Å². The molecule has 0 bridgehead atoms. The summed E-state index contributed by atoms with van der Waals surface area (Å²) in [5, 5.41) is 0. The van der Waals surface area contributed by atoms with Crippen LogP contribution in [0.2, 0.25) is 0 Å². The molecule has 0 aliphatic carbocycles. The number of aryl methyl sites for hydroxylation is 1. The van der Waals surface area contributed by atoms with E-state index in [-0.39, 0.29) is 6.04 Å². The fourth-order valence-electron chi connectivity index (χ4n) is 1.68. The first-order valence-corrected chi connectivity index (χ1v) is 4.74. The molecule has 1 atom stereocenters. The molecule has 72 valence electrons. The summed E-state index contributed by atoms with van der Waals surface area (Å²) >= 11 is 0. The molecule has 2 nitrogen and oxygen atoms in total. The molecular formula is C11H18N2. The minimum absolute atomic E-state index is 0.0187. The van der Waals surface area contributed by atoms with Gasteiger partial charge in [0.05, 0.1) is 0 Å². The van der Waals surface area contributed by atoms with Crippen molar-refractivity contribution in [2.24, 2.45) is 11.5 Å². The molecule has 2 heteroatoms. The predicted octanol–water partition coefficient (Wildman–Crippen LogP) is 1.52. The zero-order valence-electron chi connectivity index (χ0n) is 8.38. The Kier molecular flexibility index (Phi) is 3.46. The predicted molar refractivity (Wildman–Crippen MR) is 56.5 cm³/mol. The van der Waals surface area contributed by atoms with E-state index in [1.165, 1.54) is 16.7 Å². The molecule has 1 aromatic carbocycles. The van der Waals surface area contributed by atoms with E-state index >= 15 is 0 Å². The van der Waals surface area contributed by atoms with Crippen molar-refractivity contribution in [2.75, 3.05) is 6.54 Å². The van der Waals surface area contributed by atoms with Crippen LogP contribution in [0.5, 0.6) is 0 Å². The van der Waals surface area contributed by atoms with Crippen molar-refractivity contribution in [2.45, 2.75) is 26.3 Å². The van der Waals surface area contributed by atoms with Crippen LogP contribution in [0, 0.1) is 6.92 Å². The van der Waals surface area contributed by atoms with Crippen LogP contribution in [0.1, 0.15) is 29.7 Å². The minimum Gasteiger partial charge on any atom is -0.329 e. The smallest absolute Gasteiger partial charge is 0.0422 e. The number of nitrogens with two attached hydrogens (primary N) is 2. The van der Waals surface area contributed by atoms with Gasteiger partial charge in [0.25, 0.3) is 0 Å². The van der Waals surface area contributed by atoms with Crippen molar-refractivity contribution in [1.29, 1.82) is 0 Å². The quantitative estimate of drug-likeness (QED) is 0.737. The van der Waals surface area contributed by atoms with Gasteiger partial charge in [-0.25, -0.2) is 0 Å². The lowest BCUT2D eigenvalue weighted by atomic mass is 9.95. The summed E-state index contributed by atoms with van der Waals surface area (Å²) in [6.07, 6.45) is 1.02. The van der Waals surface area contributed by atoms with E-state index in [9.17, 15) is 0 Å². The van der Waals surface area contributed by atoms with Gasteiger partial charge in [0.15, 0.2) is 0 Å². The van der Waals surface area contributed by atoms with E-state index < -0.39 is 0 Å². The van der Waals surface area contributed by atoms with E-state index in [4.69, 9.17) is 11.5 Å². The molecule has 1 rings (SSSR count). The molecule has 0 unspecified atom stereocenters. The van der Waals surface area contributed by atoms with Crippen molar-refractivity contribution in [1.82, 2.24) is 0 Å². The lowest BCUT2D eigenvalue weighted by Gasteiger charge is -2.15. The van der Waals surface area contributed by atoms with Crippen LogP contribution < -0.4 is 11.5 Å². The summed E-state index contributed by atoms with van der Waals surface area (Å²) in [6.45, 7) is 4.77. The number of rotatable bonds is 3. The summed E-state index contributed by atoms with van der Waals surface area (Å²) < 4.78 is 0. The Balaban J connectivity index is 3.12. The highest BCUT2D eigenvalue weighted by Gasteiger charge is 2.09. The zero-order chi connectivity index (χ0) is 9.84. The summed E-state index contributed by atoms with van der Waals surface area (Å²) in [4.78, 5) is 0. The van der Waals surface area contributed by atoms with E-state index in [0.29, 0.717) is 6.54 Å². The van der Waals surface area contributed by atoms with Gasteiger partial charge < -0.3 is 11.5 Å². The maximum absolute atomic E-state index is 5.91. The first-order chi connectivity index (χ1) is 6.20. The molecule has 4 N–H and O–H groups in total. The van der Waals surface area contributed by atoms with Crippen molar-refractivity contribution in [3.05, 3.63) is 34.9 Å².